The minimum atomic E-state index is 0.342. The van der Waals surface area contributed by atoms with Crippen LogP contribution in [0.25, 0.3) is 0 Å². The summed E-state index contributed by atoms with van der Waals surface area (Å²) in [6.45, 7) is 6.32. The van der Waals surface area contributed by atoms with Gasteiger partial charge in [-0.3, -0.25) is 14.6 Å². The van der Waals surface area contributed by atoms with Crippen LogP contribution in [-0.4, -0.2) is 53.8 Å². The van der Waals surface area contributed by atoms with Gasteiger partial charge in [-0.05, 0) is 31.9 Å². The molecule has 0 amide bonds. The van der Waals surface area contributed by atoms with Crippen LogP contribution in [0.3, 0.4) is 0 Å². The smallest absolute Gasteiger partial charge is 0.151 e. The molecule has 0 N–H and O–H groups in total. The standard InChI is InChI=1S/C17H24N2O/c1-14-11-18-9-5-8-16(18)12-19(14)13-17(20)10-15-6-3-2-4-7-15/h2-4,6-7,14,16H,5,8-13H2,1H3. The summed E-state index contributed by atoms with van der Waals surface area (Å²) in [5.74, 6) is 0.342. The highest BCUT2D eigenvalue weighted by molar-refractivity contribution is 5.82. The molecule has 2 saturated heterocycles. The van der Waals surface area contributed by atoms with E-state index in [9.17, 15) is 4.79 Å². The molecule has 0 saturated carbocycles. The average molecular weight is 272 g/mol. The quantitative estimate of drug-likeness (QED) is 0.837. The van der Waals surface area contributed by atoms with Gasteiger partial charge in [-0.2, -0.15) is 0 Å². The van der Waals surface area contributed by atoms with Crippen molar-refractivity contribution in [3.8, 4) is 0 Å². The third-order valence-electron chi connectivity index (χ3n) is 4.69. The van der Waals surface area contributed by atoms with Gasteiger partial charge in [-0.1, -0.05) is 30.3 Å². The van der Waals surface area contributed by atoms with Gasteiger partial charge in [0.05, 0.1) is 6.54 Å². The summed E-state index contributed by atoms with van der Waals surface area (Å²) in [6.07, 6.45) is 3.19. The van der Waals surface area contributed by atoms with E-state index in [0.717, 1.165) is 18.7 Å². The zero-order chi connectivity index (χ0) is 13.9. The number of benzene rings is 1. The number of hydrogen-bond acceptors (Lipinski definition) is 3. The highest BCUT2D eigenvalue weighted by atomic mass is 16.1. The van der Waals surface area contributed by atoms with Crippen LogP contribution in [0.4, 0.5) is 0 Å². The Kier molecular flexibility index (Phi) is 4.18. The van der Waals surface area contributed by atoms with Crippen LogP contribution in [-0.2, 0) is 11.2 Å². The average Bonchev–Trinajstić information content (AvgIpc) is 2.87. The van der Waals surface area contributed by atoms with E-state index in [0.29, 0.717) is 30.8 Å². The molecule has 0 aliphatic carbocycles. The lowest BCUT2D eigenvalue weighted by molar-refractivity contribution is -0.121. The molecule has 1 aromatic rings. The SMILES string of the molecule is CC1CN2CCCC2CN1CC(=O)Cc1ccccc1. The van der Waals surface area contributed by atoms with Gasteiger partial charge in [0.2, 0.25) is 0 Å². The Hall–Kier alpha value is -1.19. The highest BCUT2D eigenvalue weighted by Crippen LogP contribution is 2.24. The van der Waals surface area contributed by atoms with E-state index in [1.165, 1.54) is 19.4 Å². The first kappa shape index (κ1) is 13.8. The second-order valence-electron chi connectivity index (χ2n) is 6.27. The Morgan fingerprint density at radius 2 is 2.05 bits per heavy atom. The van der Waals surface area contributed by atoms with Crippen molar-refractivity contribution in [3.05, 3.63) is 35.9 Å². The number of rotatable bonds is 4. The molecule has 2 atom stereocenters. The normalized spacial score (nSPS) is 27.4. The highest BCUT2D eigenvalue weighted by Gasteiger charge is 2.34. The van der Waals surface area contributed by atoms with Gasteiger partial charge in [0.15, 0.2) is 5.78 Å². The summed E-state index contributed by atoms with van der Waals surface area (Å²) in [5.41, 5.74) is 1.13. The van der Waals surface area contributed by atoms with E-state index in [-0.39, 0.29) is 0 Å². The van der Waals surface area contributed by atoms with Crippen molar-refractivity contribution in [1.29, 1.82) is 0 Å². The van der Waals surface area contributed by atoms with Gasteiger partial charge in [0.1, 0.15) is 0 Å². The number of piperazine rings is 1. The van der Waals surface area contributed by atoms with Gasteiger partial charge in [0.25, 0.3) is 0 Å². The lowest BCUT2D eigenvalue weighted by atomic mass is 10.1. The summed E-state index contributed by atoms with van der Waals surface area (Å²) in [7, 11) is 0. The largest absolute Gasteiger partial charge is 0.298 e. The van der Waals surface area contributed by atoms with Crippen molar-refractivity contribution in [2.75, 3.05) is 26.2 Å². The number of Topliss-reactive ketones (excluding diaryl/α,β-unsaturated/α-hetero) is 1. The summed E-state index contributed by atoms with van der Waals surface area (Å²) in [5, 5.41) is 0. The summed E-state index contributed by atoms with van der Waals surface area (Å²) in [6, 6.07) is 11.3. The van der Waals surface area contributed by atoms with E-state index >= 15 is 0 Å². The van der Waals surface area contributed by atoms with Crippen LogP contribution in [0, 0.1) is 0 Å². The molecule has 0 bridgehead atoms. The maximum absolute atomic E-state index is 12.3. The van der Waals surface area contributed by atoms with E-state index in [4.69, 9.17) is 0 Å². The molecular weight excluding hydrogens is 248 g/mol. The molecule has 0 aromatic heterocycles. The zero-order valence-electron chi connectivity index (χ0n) is 12.3. The van der Waals surface area contributed by atoms with Crippen LogP contribution >= 0.6 is 0 Å². The predicted octanol–water partition coefficient (Wildman–Crippen LogP) is 1.97. The van der Waals surface area contributed by atoms with Crippen molar-refractivity contribution < 1.29 is 4.79 Å². The minimum absolute atomic E-state index is 0.342. The lowest BCUT2D eigenvalue weighted by Crippen LogP contribution is -2.56. The molecule has 0 radical (unpaired) electrons. The predicted molar refractivity (Wildman–Crippen MR) is 80.8 cm³/mol. The van der Waals surface area contributed by atoms with Gasteiger partial charge in [0, 0.05) is 31.6 Å². The summed E-state index contributed by atoms with van der Waals surface area (Å²) in [4.78, 5) is 17.2. The maximum atomic E-state index is 12.3. The monoisotopic (exact) mass is 272 g/mol. The van der Waals surface area contributed by atoms with Crippen molar-refractivity contribution in [1.82, 2.24) is 9.80 Å². The second-order valence-corrected chi connectivity index (χ2v) is 6.27. The molecule has 1 aromatic carbocycles. The first-order valence-electron chi connectivity index (χ1n) is 7.76. The topological polar surface area (TPSA) is 23.6 Å². The fourth-order valence-electron chi connectivity index (χ4n) is 3.57. The number of carbonyl (C=O) groups excluding carboxylic acids is 1. The number of hydrogen-bond donors (Lipinski definition) is 0. The number of fused-ring (bicyclic) bond motifs is 1. The number of carbonyl (C=O) groups is 1. The minimum Gasteiger partial charge on any atom is -0.298 e. The second kappa shape index (κ2) is 6.06. The van der Waals surface area contributed by atoms with E-state index < -0.39 is 0 Å². The Morgan fingerprint density at radius 1 is 1.25 bits per heavy atom. The maximum Gasteiger partial charge on any atom is 0.151 e. The molecule has 20 heavy (non-hydrogen) atoms. The molecule has 3 nitrogen and oxygen atoms in total. The zero-order valence-corrected chi connectivity index (χ0v) is 12.3. The Morgan fingerprint density at radius 3 is 2.85 bits per heavy atom. The van der Waals surface area contributed by atoms with Crippen molar-refractivity contribution in [2.45, 2.75) is 38.3 Å². The Bertz CT molecular complexity index is 459. The van der Waals surface area contributed by atoms with Crippen LogP contribution in [0.1, 0.15) is 25.3 Å². The molecule has 2 aliphatic heterocycles. The Labute approximate surface area is 121 Å². The van der Waals surface area contributed by atoms with Gasteiger partial charge < -0.3 is 0 Å². The first-order valence-corrected chi connectivity index (χ1v) is 7.76. The lowest BCUT2D eigenvalue weighted by Gasteiger charge is -2.42. The molecule has 2 unspecified atom stereocenters. The first-order chi connectivity index (χ1) is 9.72. The summed E-state index contributed by atoms with van der Waals surface area (Å²) >= 11 is 0. The van der Waals surface area contributed by atoms with E-state index in [1.807, 2.05) is 30.3 Å². The fraction of sp³-hybridized carbons (Fsp3) is 0.588. The molecule has 2 fully saturated rings. The van der Waals surface area contributed by atoms with Crippen molar-refractivity contribution >= 4 is 5.78 Å². The van der Waals surface area contributed by atoms with Gasteiger partial charge >= 0.3 is 0 Å². The Balaban J connectivity index is 1.55. The molecule has 2 heterocycles. The number of nitrogens with zero attached hydrogens (tertiary/aromatic N) is 2. The molecule has 108 valence electrons. The van der Waals surface area contributed by atoms with Crippen molar-refractivity contribution in [2.24, 2.45) is 0 Å². The van der Waals surface area contributed by atoms with Crippen LogP contribution in [0.2, 0.25) is 0 Å². The molecule has 3 rings (SSSR count). The van der Waals surface area contributed by atoms with Crippen LogP contribution < -0.4 is 0 Å². The third-order valence-corrected chi connectivity index (χ3v) is 4.69. The van der Waals surface area contributed by atoms with Crippen LogP contribution in [0.5, 0.6) is 0 Å². The van der Waals surface area contributed by atoms with Crippen molar-refractivity contribution in [3.63, 3.8) is 0 Å². The molecular formula is C17H24N2O. The summed E-state index contributed by atoms with van der Waals surface area (Å²) < 4.78 is 0. The van der Waals surface area contributed by atoms with Crippen LogP contribution in [0.15, 0.2) is 30.3 Å². The van der Waals surface area contributed by atoms with Gasteiger partial charge in [-0.15, -0.1) is 0 Å². The molecule has 2 aliphatic rings. The molecule has 0 spiro atoms. The number of ketones is 1. The third kappa shape index (κ3) is 3.10. The molecule has 3 heteroatoms. The van der Waals surface area contributed by atoms with E-state index in [2.05, 4.69) is 16.7 Å². The fourth-order valence-corrected chi connectivity index (χ4v) is 3.57. The van der Waals surface area contributed by atoms with Gasteiger partial charge in [-0.25, -0.2) is 0 Å². The van der Waals surface area contributed by atoms with E-state index in [1.54, 1.807) is 0 Å².